The van der Waals surface area contributed by atoms with E-state index in [1.165, 1.54) is 0 Å². The van der Waals surface area contributed by atoms with Crippen LogP contribution in [-0.2, 0) is 14.3 Å². The molecule has 0 aliphatic rings. The van der Waals surface area contributed by atoms with Gasteiger partial charge in [0, 0.05) is 0 Å². The lowest BCUT2D eigenvalue weighted by molar-refractivity contribution is 0.181. The summed E-state index contributed by atoms with van der Waals surface area (Å²) in [6.07, 6.45) is 2.08. The van der Waals surface area contributed by atoms with Crippen LogP contribution in [0.3, 0.4) is 0 Å². The van der Waals surface area contributed by atoms with Crippen LogP contribution >= 0.6 is 0 Å². The van der Waals surface area contributed by atoms with Gasteiger partial charge in [-0.15, -0.1) is 0 Å². The number of ether oxygens (including phenoxy) is 1. The highest BCUT2D eigenvalue weighted by Crippen LogP contribution is 2.28. The van der Waals surface area contributed by atoms with E-state index in [2.05, 4.69) is 6.07 Å². The molecule has 5 nitrogen and oxygen atoms in total. The average molecular weight is 402 g/mol. The number of rotatable bonds is 10. The van der Waals surface area contributed by atoms with E-state index < -0.39 is 22.1 Å². The Kier molecular flexibility index (Phi) is 8.04. The molecule has 6 heteroatoms. The van der Waals surface area contributed by atoms with Crippen molar-refractivity contribution in [2.45, 2.75) is 56.4 Å². The normalized spacial score (nSPS) is 13.5. The van der Waals surface area contributed by atoms with Crippen molar-refractivity contribution in [1.29, 1.82) is 5.26 Å². The van der Waals surface area contributed by atoms with E-state index in [1.54, 1.807) is 43.5 Å². The summed E-state index contributed by atoms with van der Waals surface area (Å²) in [6.45, 7) is 3.93. The Morgan fingerprint density at radius 1 is 1.07 bits per heavy atom. The zero-order valence-corrected chi connectivity index (χ0v) is 17.4. The van der Waals surface area contributed by atoms with Crippen LogP contribution in [0.1, 0.15) is 49.7 Å². The predicted octanol–water partition coefficient (Wildman–Crippen LogP) is 4.97. The highest BCUT2D eigenvalue weighted by atomic mass is 32.2. The van der Waals surface area contributed by atoms with Crippen molar-refractivity contribution in [3.8, 4) is 11.8 Å². The van der Waals surface area contributed by atoms with Gasteiger partial charge in [0.15, 0.2) is 0 Å². The Bertz CT molecular complexity index is 884. The first kappa shape index (κ1) is 21.9. The second kappa shape index (κ2) is 10.3. The molecule has 0 radical (unpaired) electrons. The number of hydrogen-bond acceptors (Lipinski definition) is 5. The number of aryl methyl sites for hydroxylation is 1. The number of nitriles is 1. The fourth-order valence-corrected chi connectivity index (χ4v) is 4.05. The van der Waals surface area contributed by atoms with Gasteiger partial charge in [-0.3, -0.25) is 4.18 Å². The Morgan fingerprint density at radius 3 is 2.25 bits per heavy atom. The second-order valence-electron chi connectivity index (χ2n) is 6.82. The molecule has 0 aromatic heterocycles. The molecule has 2 aromatic rings. The summed E-state index contributed by atoms with van der Waals surface area (Å²) >= 11 is 0. The minimum atomic E-state index is -3.88. The first-order valence-corrected chi connectivity index (χ1v) is 10.8. The van der Waals surface area contributed by atoms with Crippen molar-refractivity contribution in [2.75, 3.05) is 7.11 Å². The molecule has 28 heavy (non-hydrogen) atoms. The zero-order chi connectivity index (χ0) is 20.6. The van der Waals surface area contributed by atoms with Crippen LogP contribution in [0.4, 0.5) is 0 Å². The molecule has 2 rings (SSSR count). The van der Waals surface area contributed by atoms with Gasteiger partial charge in [-0.2, -0.15) is 13.7 Å². The van der Waals surface area contributed by atoms with Gasteiger partial charge in [-0.25, -0.2) is 0 Å². The molecule has 150 valence electrons. The molecule has 1 unspecified atom stereocenters. The van der Waals surface area contributed by atoms with Gasteiger partial charge < -0.3 is 4.74 Å². The monoisotopic (exact) mass is 401 g/mol. The summed E-state index contributed by atoms with van der Waals surface area (Å²) in [5, 5.41) is 9.64. The van der Waals surface area contributed by atoms with E-state index >= 15 is 0 Å². The predicted molar refractivity (Wildman–Crippen MR) is 109 cm³/mol. The van der Waals surface area contributed by atoms with Crippen molar-refractivity contribution in [3.05, 3.63) is 59.7 Å². The Morgan fingerprint density at radius 2 is 1.71 bits per heavy atom. The third-order valence-electron chi connectivity index (χ3n) is 4.62. The number of nitrogens with zero attached hydrogens (tertiary/aromatic N) is 1. The topological polar surface area (TPSA) is 76.4 Å². The van der Waals surface area contributed by atoms with Gasteiger partial charge in [-0.1, -0.05) is 49.6 Å². The molecular weight excluding hydrogens is 374 g/mol. The van der Waals surface area contributed by atoms with Crippen molar-refractivity contribution in [2.24, 2.45) is 0 Å². The van der Waals surface area contributed by atoms with Crippen LogP contribution in [0.25, 0.3) is 0 Å². The Hall–Kier alpha value is -2.36. The van der Waals surface area contributed by atoms with Gasteiger partial charge >= 0.3 is 0 Å². The van der Waals surface area contributed by atoms with Gasteiger partial charge in [0.25, 0.3) is 10.1 Å². The summed E-state index contributed by atoms with van der Waals surface area (Å²) in [5.74, 6) is 0.252. The number of unbranched alkanes of at least 4 members (excludes halogenated alkanes) is 1. The number of hydrogen-bond donors (Lipinski definition) is 0. The zero-order valence-electron chi connectivity index (χ0n) is 16.6. The maximum Gasteiger partial charge on any atom is 0.297 e. The molecule has 0 bridgehead atoms. The van der Waals surface area contributed by atoms with Crippen LogP contribution in [-0.4, -0.2) is 21.6 Å². The van der Waals surface area contributed by atoms with Crippen LogP contribution < -0.4 is 4.74 Å². The first-order valence-electron chi connectivity index (χ1n) is 9.43. The van der Waals surface area contributed by atoms with E-state index in [1.807, 2.05) is 26.0 Å². The molecule has 0 spiro atoms. The lowest BCUT2D eigenvalue weighted by Gasteiger charge is -2.20. The van der Waals surface area contributed by atoms with Gasteiger partial charge in [0.2, 0.25) is 0 Å². The summed E-state index contributed by atoms with van der Waals surface area (Å²) in [4.78, 5) is 0.137. The minimum absolute atomic E-state index is 0.137. The third-order valence-corrected chi connectivity index (χ3v) is 6.00. The standard InChI is InChI=1S/C22H27NO4S/c1-4-5-6-21(27-28(24,25)22-13-7-17(2)8-14-22)15-19(16-23)18-9-11-20(26-3)12-10-18/h7-14,19,21H,4-6,15H2,1-3H3/t19?,21-/m1/s1. The minimum Gasteiger partial charge on any atom is -0.497 e. The largest absolute Gasteiger partial charge is 0.497 e. The SMILES string of the molecule is CCCC[C@H](CC(C#N)c1ccc(OC)cc1)OS(=O)(=O)c1ccc(C)cc1. The Balaban J connectivity index is 2.19. The van der Waals surface area contributed by atoms with Crippen molar-refractivity contribution < 1.29 is 17.3 Å². The van der Waals surface area contributed by atoms with Crippen molar-refractivity contribution in [1.82, 2.24) is 0 Å². The molecule has 0 fully saturated rings. The van der Waals surface area contributed by atoms with Crippen molar-refractivity contribution in [3.63, 3.8) is 0 Å². The van der Waals surface area contributed by atoms with Crippen LogP contribution in [0.2, 0.25) is 0 Å². The first-order chi connectivity index (χ1) is 13.4. The lowest BCUT2D eigenvalue weighted by Crippen LogP contribution is -2.21. The van der Waals surface area contributed by atoms with E-state index in [9.17, 15) is 13.7 Å². The second-order valence-corrected chi connectivity index (χ2v) is 8.39. The summed E-state index contributed by atoms with van der Waals surface area (Å²) in [7, 11) is -2.30. The molecule has 0 aliphatic heterocycles. The van der Waals surface area contributed by atoms with E-state index in [4.69, 9.17) is 8.92 Å². The lowest BCUT2D eigenvalue weighted by atomic mass is 9.93. The summed E-state index contributed by atoms with van der Waals surface area (Å²) in [6, 6.07) is 16.1. The molecule has 0 amide bonds. The van der Waals surface area contributed by atoms with Crippen LogP contribution in [0.15, 0.2) is 53.4 Å². The van der Waals surface area contributed by atoms with Crippen LogP contribution in [0, 0.1) is 18.3 Å². The molecule has 2 aromatic carbocycles. The van der Waals surface area contributed by atoms with Gasteiger partial charge in [0.05, 0.1) is 30.1 Å². The van der Waals surface area contributed by atoms with Crippen LogP contribution in [0.5, 0.6) is 5.75 Å². The number of methoxy groups -OCH3 is 1. The smallest absolute Gasteiger partial charge is 0.297 e. The van der Waals surface area contributed by atoms with Gasteiger partial charge in [-0.05, 0) is 49.6 Å². The third kappa shape index (κ3) is 6.08. The molecule has 0 aliphatic carbocycles. The molecule has 0 saturated heterocycles. The average Bonchev–Trinajstić information content (AvgIpc) is 2.70. The molecular formula is C22H27NO4S. The highest BCUT2D eigenvalue weighted by molar-refractivity contribution is 7.86. The maximum atomic E-state index is 12.7. The quantitative estimate of drug-likeness (QED) is 0.526. The molecule has 2 atom stereocenters. The summed E-state index contributed by atoms with van der Waals surface area (Å²) < 4.78 is 36.1. The van der Waals surface area contributed by atoms with E-state index in [0.717, 1.165) is 24.0 Å². The van der Waals surface area contributed by atoms with Crippen molar-refractivity contribution >= 4 is 10.1 Å². The van der Waals surface area contributed by atoms with E-state index in [0.29, 0.717) is 18.6 Å². The molecule has 0 heterocycles. The van der Waals surface area contributed by atoms with Gasteiger partial charge in [0.1, 0.15) is 5.75 Å². The fraction of sp³-hybridized carbons (Fsp3) is 0.409. The molecule has 0 N–H and O–H groups in total. The maximum absolute atomic E-state index is 12.7. The van der Waals surface area contributed by atoms with E-state index in [-0.39, 0.29) is 4.90 Å². The highest BCUT2D eigenvalue weighted by Gasteiger charge is 2.25. The summed E-state index contributed by atoms with van der Waals surface area (Å²) in [5.41, 5.74) is 1.80. The Labute approximate surface area is 168 Å². The number of benzene rings is 2. The fourth-order valence-electron chi connectivity index (χ4n) is 2.94. The molecule has 0 saturated carbocycles.